The normalized spacial score (nSPS) is 13.7. The largest absolute Gasteiger partial charge is 0.411 e. The summed E-state index contributed by atoms with van der Waals surface area (Å²) in [5.74, 6) is 0.470. The molecule has 0 atom stereocenters. The Morgan fingerprint density at radius 3 is 2.83 bits per heavy atom. The Kier molecular flexibility index (Phi) is 6.06. The van der Waals surface area contributed by atoms with Crippen LogP contribution in [0.1, 0.15) is 18.4 Å². The van der Waals surface area contributed by atoms with E-state index in [1.165, 1.54) is 11.8 Å². The second-order valence-electron chi connectivity index (χ2n) is 6.94. The first kappa shape index (κ1) is 19.8. The number of thioether (sulfide) groups is 1. The zero-order valence-corrected chi connectivity index (χ0v) is 17.6. The molecule has 0 bridgehead atoms. The van der Waals surface area contributed by atoms with Gasteiger partial charge >= 0.3 is 0 Å². The minimum atomic E-state index is -0.145. The van der Waals surface area contributed by atoms with Crippen molar-refractivity contribution in [2.45, 2.75) is 25.0 Å². The van der Waals surface area contributed by atoms with E-state index >= 15 is 0 Å². The van der Waals surface area contributed by atoms with Crippen LogP contribution < -0.4 is 10.2 Å². The van der Waals surface area contributed by atoms with Crippen LogP contribution in [0.3, 0.4) is 0 Å². The number of hydrogen-bond donors (Lipinski definition) is 1. The van der Waals surface area contributed by atoms with Gasteiger partial charge in [0.2, 0.25) is 11.8 Å². The highest BCUT2D eigenvalue weighted by Gasteiger charge is 2.18. The molecule has 1 aliphatic heterocycles. The third-order valence-corrected chi connectivity index (χ3v) is 5.73. The van der Waals surface area contributed by atoms with Crippen LogP contribution in [-0.2, 0) is 4.79 Å². The van der Waals surface area contributed by atoms with Crippen LogP contribution >= 0.6 is 23.4 Å². The number of benzene rings is 2. The van der Waals surface area contributed by atoms with E-state index in [2.05, 4.69) is 20.4 Å². The summed E-state index contributed by atoms with van der Waals surface area (Å²) in [4.78, 5) is 14.8. The van der Waals surface area contributed by atoms with Crippen LogP contribution in [0.15, 0.2) is 52.1 Å². The number of aryl methyl sites for hydroxylation is 1. The first-order valence-electron chi connectivity index (χ1n) is 9.46. The average molecular weight is 429 g/mol. The molecule has 2 aromatic carbocycles. The molecule has 1 amide bonds. The van der Waals surface area contributed by atoms with Crippen molar-refractivity contribution in [2.75, 3.05) is 29.1 Å². The van der Waals surface area contributed by atoms with Gasteiger partial charge in [-0.15, -0.1) is 10.2 Å². The maximum absolute atomic E-state index is 12.5. The number of amides is 1. The quantitative estimate of drug-likeness (QED) is 0.555. The van der Waals surface area contributed by atoms with Crippen LogP contribution in [0.5, 0.6) is 0 Å². The van der Waals surface area contributed by atoms with E-state index in [1.807, 2.05) is 43.3 Å². The first-order valence-corrected chi connectivity index (χ1v) is 10.8. The number of anilines is 2. The van der Waals surface area contributed by atoms with E-state index in [0.717, 1.165) is 48.4 Å². The summed E-state index contributed by atoms with van der Waals surface area (Å²) in [5.41, 5.74) is 3.72. The molecule has 6 nitrogen and oxygen atoms in total. The Bertz CT molecular complexity index is 1020. The fourth-order valence-electron chi connectivity index (χ4n) is 3.32. The molecule has 1 aromatic heterocycles. The number of halogens is 1. The van der Waals surface area contributed by atoms with Gasteiger partial charge in [-0.25, -0.2) is 0 Å². The number of carbonyl (C=O) groups excluding carboxylic acids is 1. The van der Waals surface area contributed by atoms with Crippen LogP contribution in [0.4, 0.5) is 11.4 Å². The van der Waals surface area contributed by atoms with Crippen molar-refractivity contribution < 1.29 is 9.21 Å². The van der Waals surface area contributed by atoms with Gasteiger partial charge in [0.25, 0.3) is 5.22 Å². The molecule has 0 unspecified atom stereocenters. The zero-order valence-electron chi connectivity index (χ0n) is 16.0. The second-order valence-corrected chi connectivity index (χ2v) is 8.30. The smallest absolute Gasteiger partial charge is 0.277 e. The van der Waals surface area contributed by atoms with Gasteiger partial charge in [0.05, 0.1) is 17.1 Å². The summed E-state index contributed by atoms with van der Waals surface area (Å²) < 4.78 is 5.68. The molecule has 0 saturated carbocycles. The standard InChI is InChI=1S/C21H21ClN4O2S/c1-14-5-4-6-15(11-14)20-24-25-21(28-20)29-13-19(27)23-17-12-16(22)7-8-18(17)26-9-2-3-10-26/h4-8,11-12H,2-3,9-10,13H2,1H3,(H,23,27). The van der Waals surface area contributed by atoms with Crippen LogP contribution in [0.25, 0.3) is 11.5 Å². The Morgan fingerprint density at radius 1 is 1.21 bits per heavy atom. The summed E-state index contributed by atoms with van der Waals surface area (Å²) in [6.07, 6.45) is 2.32. The van der Waals surface area contributed by atoms with E-state index in [9.17, 15) is 4.79 Å². The topological polar surface area (TPSA) is 71.3 Å². The lowest BCUT2D eigenvalue weighted by molar-refractivity contribution is -0.113. The van der Waals surface area contributed by atoms with Gasteiger partial charge in [0.1, 0.15) is 0 Å². The summed E-state index contributed by atoms with van der Waals surface area (Å²) in [5, 5.41) is 12.0. The van der Waals surface area contributed by atoms with Crippen molar-refractivity contribution in [3.63, 3.8) is 0 Å². The van der Waals surface area contributed by atoms with Gasteiger partial charge in [-0.2, -0.15) is 0 Å². The average Bonchev–Trinajstić information content (AvgIpc) is 3.39. The predicted molar refractivity (Wildman–Crippen MR) is 117 cm³/mol. The molecule has 0 aliphatic carbocycles. The number of carbonyl (C=O) groups is 1. The Balaban J connectivity index is 1.39. The molecule has 1 saturated heterocycles. The third-order valence-electron chi connectivity index (χ3n) is 4.68. The molecule has 8 heteroatoms. The molecule has 0 spiro atoms. The van der Waals surface area contributed by atoms with Gasteiger partial charge in [-0.1, -0.05) is 41.1 Å². The molecule has 2 heterocycles. The molecule has 1 fully saturated rings. The highest BCUT2D eigenvalue weighted by atomic mass is 35.5. The Labute approximate surface area is 178 Å². The highest BCUT2D eigenvalue weighted by molar-refractivity contribution is 7.99. The summed E-state index contributed by atoms with van der Waals surface area (Å²) >= 11 is 7.35. The van der Waals surface area contributed by atoms with E-state index in [-0.39, 0.29) is 11.7 Å². The van der Waals surface area contributed by atoms with Gasteiger partial charge in [-0.05, 0) is 50.1 Å². The fraction of sp³-hybridized carbons (Fsp3) is 0.286. The monoisotopic (exact) mass is 428 g/mol. The number of aromatic nitrogens is 2. The van der Waals surface area contributed by atoms with E-state index < -0.39 is 0 Å². The van der Waals surface area contributed by atoms with Gasteiger partial charge in [0.15, 0.2) is 0 Å². The predicted octanol–water partition coefficient (Wildman–Crippen LogP) is 5.03. The van der Waals surface area contributed by atoms with Crippen molar-refractivity contribution in [2.24, 2.45) is 0 Å². The van der Waals surface area contributed by atoms with Gasteiger partial charge in [0, 0.05) is 23.7 Å². The molecule has 4 rings (SSSR count). The lowest BCUT2D eigenvalue weighted by Crippen LogP contribution is -2.21. The van der Waals surface area contributed by atoms with Crippen molar-refractivity contribution in [3.8, 4) is 11.5 Å². The molecule has 29 heavy (non-hydrogen) atoms. The SMILES string of the molecule is Cc1cccc(-c2nnc(SCC(=O)Nc3cc(Cl)ccc3N3CCCC3)o2)c1. The summed E-state index contributed by atoms with van der Waals surface area (Å²) in [7, 11) is 0. The molecule has 1 aliphatic rings. The second kappa shape index (κ2) is 8.88. The summed E-state index contributed by atoms with van der Waals surface area (Å²) in [6.45, 7) is 3.98. The molecule has 1 N–H and O–H groups in total. The number of nitrogens with one attached hydrogen (secondary N) is 1. The molecule has 0 radical (unpaired) electrons. The van der Waals surface area contributed by atoms with E-state index in [4.69, 9.17) is 16.0 Å². The van der Waals surface area contributed by atoms with Crippen molar-refractivity contribution in [1.29, 1.82) is 0 Å². The maximum atomic E-state index is 12.5. The molecule has 150 valence electrons. The minimum absolute atomic E-state index is 0.145. The molecular weight excluding hydrogens is 408 g/mol. The summed E-state index contributed by atoms with van der Waals surface area (Å²) in [6, 6.07) is 13.5. The maximum Gasteiger partial charge on any atom is 0.277 e. The van der Waals surface area contributed by atoms with Gasteiger partial charge < -0.3 is 14.6 Å². The highest BCUT2D eigenvalue weighted by Crippen LogP contribution is 2.32. The minimum Gasteiger partial charge on any atom is -0.411 e. The van der Waals surface area contributed by atoms with E-state index in [0.29, 0.717) is 16.1 Å². The van der Waals surface area contributed by atoms with Crippen molar-refractivity contribution in [1.82, 2.24) is 10.2 Å². The van der Waals surface area contributed by atoms with Crippen molar-refractivity contribution >= 4 is 40.6 Å². The molecular formula is C21H21ClN4O2S. The van der Waals surface area contributed by atoms with Gasteiger partial charge in [-0.3, -0.25) is 4.79 Å². The Hall–Kier alpha value is -2.51. The van der Waals surface area contributed by atoms with Crippen LogP contribution in [0.2, 0.25) is 5.02 Å². The van der Waals surface area contributed by atoms with Crippen LogP contribution in [-0.4, -0.2) is 34.9 Å². The fourth-order valence-corrected chi connectivity index (χ4v) is 4.05. The first-order chi connectivity index (χ1) is 14.1. The van der Waals surface area contributed by atoms with Crippen LogP contribution in [0, 0.1) is 6.92 Å². The van der Waals surface area contributed by atoms with Crippen molar-refractivity contribution in [3.05, 3.63) is 53.1 Å². The number of hydrogen-bond acceptors (Lipinski definition) is 6. The molecule has 3 aromatic rings. The number of rotatable bonds is 6. The zero-order chi connectivity index (χ0) is 20.2. The Morgan fingerprint density at radius 2 is 2.03 bits per heavy atom. The lowest BCUT2D eigenvalue weighted by Gasteiger charge is -2.21. The third kappa shape index (κ3) is 4.92. The van der Waals surface area contributed by atoms with E-state index in [1.54, 1.807) is 6.07 Å². The lowest BCUT2D eigenvalue weighted by atomic mass is 10.1. The number of nitrogens with zero attached hydrogens (tertiary/aromatic N) is 3.